The summed E-state index contributed by atoms with van der Waals surface area (Å²) in [6.45, 7) is 3.04. The van der Waals surface area contributed by atoms with Crippen LogP contribution in [0.2, 0.25) is 0 Å². The minimum Gasteiger partial charge on any atom is -0.484 e. The second kappa shape index (κ2) is 7.57. The molecule has 0 aliphatic carbocycles. The van der Waals surface area contributed by atoms with Crippen LogP contribution in [0.25, 0.3) is 0 Å². The van der Waals surface area contributed by atoms with Gasteiger partial charge in [0.15, 0.2) is 6.61 Å². The van der Waals surface area contributed by atoms with Gasteiger partial charge >= 0.3 is 0 Å². The molecule has 5 nitrogen and oxygen atoms in total. The van der Waals surface area contributed by atoms with E-state index in [1.807, 2.05) is 49.4 Å². The Bertz CT molecular complexity index is 760. The Hall–Kier alpha value is -2.53. The van der Waals surface area contributed by atoms with Crippen LogP contribution in [0.4, 0.5) is 5.69 Å². The second-order valence-electron chi connectivity index (χ2n) is 6.43. The summed E-state index contributed by atoms with van der Waals surface area (Å²) < 4.78 is 5.51. The summed E-state index contributed by atoms with van der Waals surface area (Å²) >= 11 is 0. The molecule has 5 heteroatoms. The molecule has 1 atom stereocenters. The molecular weight excluding hydrogens is 316 g/mol. The predicted molar refractivity (Wildman–Crippen MR) is 98.1 cm³/mol. The molecule has 1 heterocycles. The highest BCUT2D eigenvalue weighted by atomic mass is 16.5. The molecule has 1 amide bonds. The van der Waals surface area contributed by atoms with Gasteiger partial charge in [0.2, 0.25) is 0 Å². The van der Waals surface area contributed by atoms with Crippen molar-refractivity contribution in [2.75, 3.05) is 31.6 Å². The van der Waals surface area contributed by atoms with Crippen LogP contribution in [0.5, 0.6) is 5.75 Å². The van der Waals surface area contributed by atoms with E-state index in [0.717, 1.165) is 24.1 Å². The minimum absolute atomic E-state index is 0.0629. The molecule has 1 unspecified atom stereocenters. The van der Waals surface area contributed by atoms with Gasteiger partial charge in [0.05, 0.1) is 6.10 Å². The first kappa shape index (κ1) is 17.3. The third-order valence-corrected chi connectivity index (χ3v) is 4.56. The molecule has 0 radical (unpaired) electrons. The van der Waals surface area contributed by atoms with E-state index in [4.69, 9.17) is 4.74 Å². The fourth-order valence-electron chi connectivity index (χ4n) is 3.04. The SMILES string of the molecule is Cc1ccccc1OCC(=O)NCC(O)c1ccc2c(c1)CCN2C. The molecule has 0 fully saturated rings. The van der Waals surface area contributed by atoms with Crippen LogP contribution >= 0.6 is 0 Å². The normalized spacial score (nSPS) is 14.1. The van der Waals surface area contributed by atoms with Crippen LogP contribution < -0.4 is 15.0 Å². The van der Waals surface area contributed by atoms with Crippen LogP contribution in [0.3, 0.4) is 0 Å². The molecule has 0 aromatic heterocycles. The summed E-state index contributed by atoms with van der Waals surface area (Å²) in [5.41, 5.74) is 4.27. The van der Waals surface area contributed by atoms with Gasteiger partial charge in [0.1, 0.15) is 5.75 Å². The molecule has 2 aromatic carbocycles. The third kappa shape index (κ3) is 4.12. The highest BCUT2D eigenvalue weighted by molar-refractivity contribution is 5.77. The molecule has 25 heavy (non-hydrogen) atoms. The number of para-hydroxylation sites is 1. The number of nitrogens with zero attached hydrogens (tertiary/aromatic N) is 1. The van der Waals surface area contributed by atoms with E-state index < -0.39 is 6.10 Å². The number of carbonyl (C=O) groups excluding carboxylic acids is 1. The molecule has 1 aliphatic heterocycles. The number of hydrogen-bond acceptors (Lipinski definition) is 4. The molecule has 0 saturated heterocycles. The lowest BCUT2D eigenvalue weighted by atomic mass is 10.0. The monoisotopic (exact) mass is 340 g/mol. The fourth-order valence-corrected chi connectivity index (χ4v) is 3.04. The Morgan fingerprint density at radius 1 is 1.32 bits per heavy atom. The Kier molecular flexibility index (Phi) is 5.24. The smallest absolute Gasteiger partial charge is 0.258 e. The van der Waals surface area contributed by atoms with E-state index in [-0.39, 0.29) is 19.1 Å². The summed E-state index contributed by atoms with van der Waals surface area (Å²) in [7, 11) is 2.07. The van der Waals surface area contributed by atoms with Gasteiger partial charge in [-0.05, 0) is 42.2 Å². The maximum absolute atomic E-state index is 11.9. The number of nitrogens with one attached hydrogen (secondary N) is 1. The van der Waals surface area contributed by atoms with Crippen molar-refractivity contribution in [2.45, 2.75) is 19.4 Å². The molecule has 1 aliphatic rings. The van der Waals surface area contributed by atoms with Crippen LogP contribution in [0.15, 0.2) is 42.5 Å². The van der Waals surface area contributed by atoms with Gasteiger partial charge in [-0.2, -0.15) is 0 Å². The van der Waals surface area contributed by atoms with Crippen LogP contribution in [-0.4, -0.2) is 37.8 Å². The van der Waals surface area contributed by atoms with Crippen molar-refractivity contribution >= 4 is 11.6 Å². The molecule has 3 rings (SSSR count). The van der Waals surface area contributed by atoms with Gasteiger partial charge in [0, 0.05) is 25.8 Å². The topological polar surface area (TPSA) is 61.8 Å². The van der Waals surface area contributed by atoms with Crippen molar-refractivity contribution in [2.24, 2.45) is 0 Å². The number of rotatable bonds is 6. The number of ether oxygens (including phenoxy) is 1. The lowest BCUT2D eigenvalue weighted by Gasteiger charge is -2.16. The van der Waals surface area contributed by atoms with E-state index in [9.17, 15) is 9.90 Å². The number of anilines is 1. The first-order valence-electron chi connectivity index (χ1n) is 8.52. The largest absolute Gasteiger partial charge is 0.484 e. The number of fused-ring (bicyclic) bond motifs is 1. The summed E-state index contributed by atoms with van der Waals surface area (Å²) in [6, 6.07) is 13.5. The van der Waals surface area contributed by atoms with Crippen molar-refractivity contribution in [3.63, 3.8) is 0 Å². The zero-order chi connectivity index (χ0) is 17.8. The number of aryl methyl sites for hydroxylation is 1. The quantitative estimate of drug-likeness (QED) is 0.846. The van der Waals surface area contributed by atoms with Crippen molar-refractivity contribution in [3.05, 3.63) is 59.2 Å². The van der Waals surface area contributed by atoms with Gasteiger partial charge in [-0.15, -0.1) is 0 Å². The van der Waals surface area contributed by atoms with Gasteiger partial charge in [-0.25, -0.2) is 0 Å². The molecular formula is C20H24N2O3. The average molecular weight is 340 g/mol. The summed E-state index contributed by atoms with van der Waals surface area (Å²) in [5, 5.41) is 13.0. The molecule has 0 bridgehead atoms. The molecule has 132 valence electrons. The zero-order valence-electron chi connectivity index (χ0n) is 14.7. The van der Waals surface area contributed by atoms with Crippen LogP contribution in [0.1, 0.15) is 22.8 Å². The van der Waals surface area contributed by atoms with Gasteiger partial charge in [-0.1, -0.05) is 30.3 Å². The Labute approximate surface area is 148 Å². The molecule has 0 spiro atoms. The number of carbonyl (C=O) groups is 1. The number of aliphatic hydroxyl groups is 1. The van der Waals surface area contributed by atoms with Crippen molar-refractivity contribution in [3.8, 4) is 5.75 Å². The minimum atomic E-state index is -0.724. The lowest BCUT2D eigenvalue weighted by Crippen LogP contribution is -2.32. The molecule has 2 N–H and O–H groups in total. The highest BCUT2D eigenvalue weighted by Gasteiger charge is 2.18. The predicted octanol–water partition coefficient (Wildman–Crippen LogP) is 2.22. The number of aliphatic hydroxyl groups excluding tert-OH is 1. The molecule has 2 aromatic rings. The second-order valence-corrected chi connectivity index (χ2v) is 6.43. The first-order chi connectivity index (χ1) is 12.0. The standard InChI is InChI=1S/C20H24N2O3/c1-14-5-3-4-6-19(14)25-13-20(24)21-12-18(23)16-7-8-17-15(11-16)9-10-22(17)2/h3-8,11,18,23H,9-10,12-13H2,1-2H3,(H,21,24). The summed E-state index contributed by atoms with van der Waals surface area (Å²) in [4.78, 5) is 14.1. The van der Waals surface area contributed by atoms with Gasteiger partial charge in [-0.3, -0.25) is 4.79 Å². The fraction of sp³-hybridized carbons (Fsp3) is 0.350. The van der Waals surface area contributed by atoms with E-state index >= 15 is 0 Å². The van der Waals surface area contributed by atoms with Gasteiger partial charge < -0.3 is 20.1 Å². The molecule has 0 saturated carbocycles. The lowest BCUT2D eigenvalue weighted by molar-refractivity contribution is -0.123. The maximum Gasteiger partial charge on any atom is 0.258 e. The third-order valence-electron chi connectivity index (χ3n) is 4.56. The van der Waals surface area contributed by atoms with E-state index in [1.165, 1.54) is 11.3 Å². The van der Waals surface area contributed by atoms with E-state index in [2.05, 4.69) is 17.3 Å². The number of hydrogen-bond donors (Lipinski definition) is 2. The Morgan fingerprint density at radius 3 is 2.92 bits per heavy atom. The Balaban J connectivity index is 1.49. The number of likely N-dealkylation sites (N-methyl/N-ethyl adjacent to an activating group) is 1. The maximum atomic E-state index is 11.9. The van der Waals surface area contributed by atoms with Crippen molar-refractivity contribution < 1.29 is 14.6 Å². The van der Waals surface area contributed by atoms with E-state index in [1.54, 1.807) is 0 Å². The van der Waals surface area contributed by atoms with E-state index in [0.29, 0.717) is 5.75 Å². The zero-order valence-corrected chi connectivity index (χ0v) is 14.7. The van der Waals surface area contributed by atoms with Crippen molar-refractivity contribution in [1.82, 2.24) is 5.32 Å². The Morgan fingerprint density at radius 2 is 2.12 bits per heavy atom. The van der Waals surface area contributed by atoms with Gasteiger partial charge in [0.25, 0.3) is 5.91 Å². The average Bonchev–Trinajstić information content (AvgIpc) is 2.99. The number of amides is 1. The first-order valence-corrected chi connectivity index (χ1v) is 8.52. The van der Waals surface area contributed by atoms with Crippen molar-refractivity contribution in [1.29, 1.82) is 0 Å². The highest BCUT2D eigenvalue weighted by Crippen LogP contribution is 2.29. The summed E-state index contributed by atoms with van der Waals surface area (Å²) in [5.74, 6) is 0.448. The van der Waals surface area contributed by atoms with Crippen LogP contribution in [-0.2, 0) is 11.2 Å². The number of benzene rings is 2. The summed E-state index contributed by atoms with van der Waals surface area (Å²) in [6.07, 6.45) is 0.266. The van der Waals surface area contributed by atoms with Crippen LogP contribution in [0, 0.1) is 6.92 Å².